The minimum atomic E-state index is -0.326. The van der Waals surface area contributed by atoms with Crippen molar-refractivity contribution < 1.29 is 5.11 Å². The highest BCUT2D eigenvalue weighted by Crippen LogP contribution is 2.31. The summed E-state index contributed by atoms with van der Waals surface area (Å²) in [4.78, 5) is 0. The zero-order chi connectivity index (χ0) is 6.74. The zero-order valence-corrected chi connectivity index (χ0v) is 6.50. The summed E-state index contributed by atoms with van der Waals surface area (Å²) in [6, 6.07) is 0. The molecule has 0 atom stereocenters. The summed E-state index contributed by atoms with van der Waals surface area (Å²) in [7, 11) is 1.91. The van der Waals surface area contributed by atoms with Crippen LogP contribution in [0.25, 0.3) is 0 Å². The molecule has 0 aromatic heterocycles. The minimum absolute atomic E-state index is 0.326. The average molecular weight is 147 g/mol. The van der Waals surface area contributed by atoms with Gasteiger partial charge < -0.3 is 10.4 Å². The molecule has 1 saturated heterocycles. The Morgan fingerprint density at radius 2 is 2.33 bits per heavy atom. The van der Waals surface area contributed by atoms with Crippen molar-refractivity contribution in [2.24, 2.45) is 0 Å². The predicted octanol–water partition coefficient (Wildman–Crippen LogP) is 0.0738. The quantitative estimate of drug-likeness (QED) is 0.592. The van der Waals surface area contributed by atoms with Gasteiger partial charge in [-0.3, -0.25) is 0 Å². The number of aliphatic hydroxyl groups is 1. The summed E-state index contributed by atoms with van der Waals surface area (Å²) in [6.07, 6.45) is 0.899. The third kappa shape index (κ3) is 1.85. The van der Waals surface area contributed by atoms with Crippen LogP contribution in [0.15, 0.2) is 0 Å². The molecule has 0 radical (unpaired) electrons. The maximum absolute atomic E-state index is 9.48. The molecule has 1 aliphatic heterocycles. The van der Waals surface area contributed by atoms with Gasteiger partial charge in [0.1, 0.15) is 0 Å². The molecule has 3 heteroatoms. The highest BCUT2D eigenvalue weighted by Gasteiger charge is 2.34. The normalized spacial score (nSPS) is 23.3. The van der Waals surface area contributed by atoms with Gasteiger partial charge in [0.15, 0.2) is 0 Å². The van der Waals surface area contributed by atoms with E-state index in [0.29, 0.717) is 0 Å². The van der Waals surface area contributed by atoms with Crippen molar-refractivity contribution in [2.45, 2.75) is 12.0 Å². The molecule has 0 aliphatic carbocycles. The van der Waals surface area contributed by atoms with Crippen molar-refractivity contribution in [3.8, 4) is 0 Å². The van der Waals surface area contributed by atoms with Gasteiger partial charge in [-0.25, -0.2) is 0 Å². The molecule has 1 fully saturated rings. The summed E-state index contributed by atoms with van der Waals surface area (Å²) in [5.74, 6) is 1.85. The zero-order valence-electron chi connectivity index (χ0n) is 5.68. The highest BCUT2D eigenvalue weighted by molar-refractivity contribution is 8.00. The molecule has 2 nitrogen and oxygen atoms in total. The molecule has 0 saturated carbocycles. The number of hydrogen-bond donors (Lipinski definition) is 2. The van der Waals surface area contributed by atoms with Gasteiger partial charge in [-0.1, -0.05) is 0 Å². The van der Waals surface area contributed by atoms with Crippen molar-refractivity contribution >= 4 is 11.8 Å². The van der Waals surface area contributed by atoms with Crippen LogP contribution in [-0.2, 0) is 0 Å². The Hall–Kier alpha value is 0.270. The van der Waals surface area contributed by atoms with Crippen molar-refractivity contribution in [2.75, 3.05) is 25.1 Å². The fourth-order valence-electron chi connectivity index (χ4n) is 0.840. The second-order valence-corrected chi connectivity index (χ2v) is 3.56. The third-order valence-electron chi connectivity index (χ3n) is 1.58. The lowest BCUT2D eigenvalue weighted by molar-refractivity contribution is 0.0702. The fraction of sp³-hybridized carbons (Fsp3) is 1.00. The first-order valence-corrected chi connectivity index (χ1v) is 4.37. The second kappa shape index (κ2) is 2.90. The van der Waals surface area contributed by atoms with E-state index in [-0.39, 0.29) is 5.60 Å². The Kier molecular flexibility index (Phi) is 2.38. The van der Waals surface area contributed by atoms with Gasteiger partial charge in [0, 0.05) is 11.5 Å². The Balaban J connectivity index is 2.09. The van der Waals surface area contributed by atoms with Crippen LogP contribution in [0.5, 0.6) is 0 Å². The van der Waals surface area contributed by atoms with Crippen molar-refractivity contribution in [3.63, 3.8) is 0 Å². The summed E-state index contributed by atoms with van der Waals surface area (Å²) in [5, 5.41) is 12.5. The van der Waals surface area contributed by atoms with Gasteiger partial charge in [-0.05, 0) is 20.0 Å². The predicted molar refractivity (Wildman–Crippen MR) is 40.8 cm³/mol. The molecule has 1 aliphatic rings. The maximum atomic E-state index is 9.48. The van der Waals surface area contributed by atoms with Gasteiger partial charge in [-0.2, -0.15) is 11.8 Å². The van der Waals surface area contributed by atoms with Crippen LogP contribution in [0.1, 0.15) is 6.42 Å². The summed E-state index contributed by atoms with van der Waals surface area (Å²) in [6.45, 7) is 0.928. The lowest BCUT2D eigenvalue weighted by Gasteiger charge is -2.35. The van der Waals surface area contributed by atoms with Crippen LogP contribution in [0, 0.1) is 0 Å². The van der Waals surface area contributed by atoms with E-state index in [4.69, 9.17) is 0 Å². The van der Waals surface area contributed by atoms with E-state index in [2.05, 4.69) is 5.32 Å². The molecular weight excluding hydrogens is 134 g/mol. The topological polar surface area (TPSA) is 32.3 Å². The molecule has 1 rings (SSSR count). The number of rotatable bonds is 3. The Morgan fingerprint density at radius 1 is 1.67 bits per heavy atom. The summed E-state index contributed by atoms with van der Waals surface area (Å²) in [5.41, 5.74) is -0.326. The van der Waals surface area contributed by atoms with Crippen LogP contribution >= 0.6 is 11.8 Å². The molecule has 0 aromatic carbocycles. The minimum Gasteiger partial charge on any atom is -0.388 e. The first-order valence-electron chi connectivity index (χ1n) is 3.22. The van der Waals surface area contributed by atoms with E-state index >= 15 is 0 Å². The molecule has 0 bridgehead atoms. The molecule has 0 aromatic rings. The van der Waals surface area contributed by atoms with Crippen LogP contribution in [0.2, 0.25) is 0 Å². The SMILES string of the molecule is CNCCC1(O)CSC1. The fourth-order valence-corrected chi connectivity index (χ4v) is 1.80. The van der Waals surface area contributed by atoms with E-state index < -0.39 is 0 Å². The second-order valence-electron chi connectivity index (χ2n) is 2.57. The molecule has 9 heavy (non-hydrogen) atoms. The Bertz CT molecular complexity index is 93.1. The first kappa shape index (κ1) is 7.38. The van der Waals surface area contributed by atoms with Crippen LogP contribution < -0.4 is 5.32 Å². The van der Waals surface area contributed by atoms with Crippen molar-refractivity contribution in [1.82, 2.24) is 5.32 Å². The Morgan fingerprint density at radius 3 is 2.67 bits per heavy atom. The van der Waals surface area contributed by atoms with E-state index in [0.717, 1.165) is 24.5 Å². The molecule has 54 valence electrons. The number of hydrogen-bond acceptors (Lipinski definition) is 3. The maximum Gasteiger partial charge on any atom is 0.0839 e. The van der Waals surface area contributed by atoms with Gasteiger partial charge in [-0.15, -0.1) is 0 Å². The molecule has 0 amide bonds. The molecule has 0 spiro atoms. The molecular formula is C6H13NOS. The smallest absolute Gasteiger partial charge is 0.0839 e. The molecule has 2 N–H and O–H groups in total. The summed E-state index contributed by atoms with van der Waals surface area (Å²) >= 11 is 1.82. The van der Waals surface area contributed by atoms with E-state index in [1.165, 1.54) is 0 Å². The van der Waals surface area contributed by atoms with Gasteiger partial charge >= 0.3 is 0 Å². The van der Waals surface area contributed by atoms with Gasteiger partial charge in [0.05, 0.1) is 5.60 Å². The van der Waals surface area contributed by atoms with Crippen LogP contribution in [0.4, 0.5) is 0 Å². The first-order chi connectivity index (χ1) is 4.27. The van der Waals surface area contributed by atoms with Gasteiger partial charge in [0.2, 0.25) is 0 Å². The lowest BCUT2D eigenvalue weighted by atomic mass is 10.0. The van der Waals surface area contributed by atoms with Crippen LogP contribution in [0.3, 0.4) is 0 Å². The van der Waals surface area contributed by atoms with E-state index in [1.54, 1.807) is 0 Å². The van der Waals surface area contributed by atoms with Gasteiger partial charge in [0.25, 0.3) is 0 Å². The molecule has 1 heterocycles. The highest BCUT2D eigenvalue weighted by atomic mass is 32.2. The average Bonchev–Trinajstić information content (AvgIpc) is 1.79. The molecule has 0 unspecified atom stereocenters. The van der Waals surface area contributed by atoms with E-state index in [1.807, 2.05) is 18.8 Å². The third-order valence-corrected chi connectivity index (χ3v) is 3.06. The van der Waals surface area contributed by atoms with Crippen LogP contribution in [-0.4, -0.2) is 35.8 Å². The summed E-state index contributed by atoms with van der Waals surface area (Å²) < 4.78 is 0. The largest absolute Gasteiger partial charge is 0.388 e. The Labute approximate surface area is 60.0 Å². The monoisotopic (exact) mass is 147 g/mol. The van der Waals surface area contributed by atoms with Crippen molar-refractivity contribution in [3.05, 3.63) is 0 Å². The lowest BCUT2D eigenvalue weighted by Crippen LogP contribution is -2.44. The standard InChI is InChI=1S/C6H13NOS/c1-7-3-2-6(8)4-9-5-6/h7-8H,2-5H2,1H3. The van der Waals surface area contributed by atoms with E-state index in [9.17, 15) is 5.11 Å². The van der Waals surface area contributed by atoms with Crippen molar-refractivity contribution in [1.29, 1.82) is 0 Å². The number of thioether (sulfide) groups is 1. The number of nitrogens with one attached hydrogen (secondary N) is 1.